The van der Waals surface area contributed by atoms with Crippen molar-refractivity contribution < 1.29 is 0 Å². The minimum atomic E-state index is 0.631. The van der Waals surface area contributed by atoms with Gasteiger partial charge in [0.2, 0.25) is 0 Å². The Balaban J connectivity index is 1.93. The summed E-state index contributed by atoms with van der Waals surface area (Å²) in [6.45, 7) is 1.16. The Bertz CT molecular complexity index is 262. The molecule has 2 heterocycles. The van der Waals surface area contributed by atoms with Gasteiger partial charge in [-0.1, -0.05) is 11.6 Å². The molecule has 4 nitrogen and oxygen atoms in total. The van der Waals surface area contributed by atoms with Crippen LogP contribution in [0.5, 0.6) is 0 Å². The van der Waals surface area contributed by atoms with E-state index in [1.54, 1.807) is 0 Å². The molecule has 0 spiro atoms. The fourth-order valence-electron chi connectivity index (χ4n) is 1.85. The molecule has 0 bridgehead atoms. The molecule has 1 aromatic rings. The molecule has 2 rings (SSSR count). The third-order valence-corrected chi connectivity index (χ3v) is 2.68. The summed E-state index contributed by atoms with van der Waals surface area (Å²) in [6, 6.07) is 0.631. The molecule has 4 heteroatoms. The van der Waals surface area contributed by atoms with E-state index in [1.165, 1.54) is 25.0 Å². The zero-order valence-electron chi connectivity index (χ0n) is 8.03. The minimum absolute atomic E-state index is 0.631. The Morgan fingerprint density at radius 2 is 2.54 bits per heavy atom. The molecule has 0 aromatic carbocycles. The Hall–Kier alpha value is -0.900. The first-order valence-corrected chi connectivity index (χ1v) is 4.93. The van der Waals surface area contributed by atoms with Crippen molar-refractivity contribution in [2.24, 2.45) is 7.05 Å². The largest absolute Gasteiger partial charge is 0.314 e. The molecule has 1 aromatic heterocycles. The number of aromatic nitrogens is 3. The molecule has 1 aliphatic rings. The molecule has 0 amide bonds. The molecule has 1 unspecified atom stereocenters. The van der Waals surface area contributed by atoms with Crippen LogP contribution >= 0.6 is 0 Å². The molecule has 1 aliphatic heterocycles. The lowest BCUT2D eigenvalue weighted by Gasteiger charge is -2.22. The number of nitrogens with zero attached hydrogens (tertiary/aromatic N) is 3. The van der Waals surface area contributed by atoms with Crippen LogP contribution in [0.1, 0.15) is 25.0 Å². The van der Waals surface area contributed by atoms with Crippen molar-refractivity contribution in [1.29, 1.82) is 0 Å². The van der Waals surface area contributed by atoms with Crippen molar-refractivity contribution in [3.63, 3.8) is 0 Å². The average Bonchev–Trinajstić information content (AvgIpc) is 2.54. The van der Waals surface area contributed by atoms with E-state index in [-0.39, 0.29) is 0 Å². The van der Waals surface area contributed by atoms with Gasteiger partial charge < -0.3 is 5.32 Å². The summed E-state index contributed by atoms with van der Waals surface area (Å²) >= 11 is 0. The molecule has 1 saturated heterocycles. The van der Waals surface area contributed by atoms with Gasteiger partial charge >= 0.3 is 0 Å². The molecule has 13 heavy (non-hydrogen) atoms. The smallest absolute Gasteiger partial charge is 0.0725 e. The number of nitrogens with one attached hydrogen (secondary N) is 1. The summed E-state index contributed by atoms with van der Waals surface area (Å²) in [5.74, 6) is 0. The number of aryl methyl sites for hydroxylation is 1. The maximum absolute atomic E-state index is 3.92. The zero-order valence-corrected chi connectivity index (χ0v) is 8.03. The summed E-state index contributed by atoms with van der Waals surface area (Å²) in [6.07, 6.45) is 6.87. The number of piperidine rings is 1. The van der Waals surface area contributed by atoms with Crippen LogP contribution < -0.4 is 5.32 Å². The minimum Gasteiger partial charge on any atom is -0.314 e. The fourth-order valence-corrected chi connectivity index (χ4v) is 1.85. The van der Waals surface area contributed by atoms with E-state index in [0.717, 1.165) is 13.0 Å². The maximum atomic E-state index is 3.92. The van der Waals surface area contributed by atoms with E-state index in [1.807, 2.05) is 17.9 Å². The van der Waals surface area contributed by atoms with Crippen molar-refractivity contribution in [2.75, 3.05) is 6.54 Å². The first-order chi connectivity index (χ1) is 6.36. The van der Waals surface area contributed by atoms with Crippen molar-refractivity contribution >= 4 is 0 Å². The standard InChI is InChI=1S/C9H16N4/c1-13-9(7-11-12-13)6-8-4-2-3-5-10-8/h7-8,10H,2-6H2,1H3. The van der Waals surface area contributed by atoms with Crippen molar-refractivity contribution in [3.05, 3.63) is 11.9 Å². The second kappa shape index (κ2) is 3.87. The Morgan fingerprint density at radius 1 is 1.62 bits per heavy atom. The highest BCUT2D eigenvalue weighted by molar-refractivity contribution is 4.97. The van der Waals surface area contributed by atoms with Crippen LogP contribution in [0.25, 0.3) is 0 Å². The van der Waals surface area contributed by atoms with E-state index < -0.39 is 0 Å². The molecule has 1 fully saturated rings. The zero-order chi connectivity index (χ0) is 9.10. The van der Waals surface area contributed by atoms with Crippen LogP contribution in [0, 0.1) is 0 Å². The van der Waals surface area contributed by atoms with Gasteiger partial charge in [-0.25, -0.2) is 0 Å². The molecular weight excluding hydrogens is 164 g/mol. The average molecular weight is 180 g/mol. The summed E-state index contributed by atoms with van der Waals surface area (Å²) in [5, 5.41) is 11.3. The highest BCUT2D eigenvalue weighted by atomic mass is 15.4. The van der Waals surface area contributed by atoms with Gasteiger partial charge in [-0.2, -0.15) is 0 Å². The van der Waals surface area contributed by atoms with E-state index in [0.29, 0.717) is 6.04 Å². The monoisotopic (exact) mass is 180 g/mol. The van der Waals surface area contributed by atoms with Gasteiger partial charge in [0, 0.05) is 19.5 Å². The van der Waals surface area contributed by atoms with Crippen molar-refractivity contribution in [3.8, 4) is 0 Å². The Morgan fingerprint density at radius 3 is 3.15 bits per heavy atom. The third kappa shape index (κ3) is 2.06. The van der Waals surface area contributed by atoms with E-state index in [9.17, 15) is 0 Å². The SMILES string of the molecule is Cn1nncc1CC1CCCCN1. The molecular formula is C9H16N4. The van der Waals surface area contributed by atoms with Gasteiger partial charge in [0.25, 0.3) is 0 Å². The van der Waals surface area contributed by atoms with E-state index >= 15 is 0 Å². The van der Waals surface area contributed by atoms with Crippen LogP contribution in [0.3, 0.4) is 0 Å². The maximum Gasteiger partial charge on any atom is 0.0725 e. The summed E-state index contributed by atoms with van der Waals surface area (Å²) in [7, 11) is 1.95. The van der Waals surface area contributed by atoms with Crippen LogP contribution in [-0.4, -0.2) is 27.6 Å². The topological polar surface area (TPSA) is 42.7 Å². The summed E-state index contributed by atoms with van der Waals surface area (Å²) < 4.78 is 1.86. The molecule has 72 valence electrons. The number of hydrogen-bond donors (Lipinski definition) is 1. The normalized spacial score (nSPS) is 23.3. The van der Waals surface area contributed by atoms with Crippen LogP contribution in [0.4, 0.5) is 0 Å². The van der Waals surface area contributed by atoms with Gasteiger partial charge in [0.05, 0.1) is 11.9 Å². The lowest BCUT2D eigenvalue weighted by atomic mass is 10.0. The molecule has 0 radical (unpaired) electrons. The third-order valence-electron chi connectivity index (χ3n) is 2.68. The predicted octanol–water partition coefficient (Wildman–Crippen LogP) is 0.500. The molecule has 1 N–H and O–H groups in total. The summed E-state index contributed by atoms with van der Waals surface area (Å²) in [4.78, 5) is 0. The Kier molecular flexibility index (Phi) is 2.59. The second-order valence-electron chi connectivity index (χ2n) is 3.70. The molecule has 1 atom stereocenters. The van der Waals surface area contributed by atoms with Crippen LogP contribution in [0.15, 0.2) is 6.20 Å². The van der Waals surface area contributed by atoms with Crippen LogP contribution in [0.2, 0.25) is 0 Å². The highest BCUT2D eigenvalue weighted by Gasteiger charge is 2.14. The molecule has 0 aliphatic carbocycles. The Labute approximate surface area is 78.3 Å². The van der Waals surface area contributed by atoms with Gasteiger partial charge in [-0.3, -0.25) is 4.68 Å². The van der Waals surface area contributed by atoms with Crippen LogP contribution in [-0.2, 0) is 13.5 Å². The predicted molar refractivity (Wildman–Crippen MR) is 50.3 cm³/mol. The van der Waals surface area contributed by atoms with Crippen molar-refractivity contribution in [2.45, 2.75) is 31.7 Å². The quantitative estimate of drug-likeness (QED) is 0.720. The second-order valence-corrected chi connectivity index (χ2v) is 3.70. The lowest BCUT2D eigenvalue weighted by molar-refractivity contribution is 0.393. The molecule has 0 saturated carbocycles. The summed E-state index contributed by atoms with van der Waals surface area (Å²) in [5.41, 5.74) is 1.22. The van der Waals surface area contributed by atoms with E-state index in [2.05, 4.69) is 15.6 Å². The number of hydrogen-bond acceptors (Lipinski definition) is 3. The van der Waals surface area contributed by atoms with Gasteiger partial charge in [0.15, 0.2) is 0 Å². The lowest BCUT2D eigenvalue weighted by Crippen LogP contribution is -2.36. The highest BCUT2D eigenvalue weighted by Crippen LogP contribution is 2.11. The first kappa shape index (κ1) is 8.69. The van der Waals surface area contributed by atoms with Crippen molar-refractivity contribution in [1.82, 2.24) is 20.3 Å². The van der Waals surface area contributed by atoms with E-state index in [4.69, 9.17) is 0 Å². The van der Waals surface area contributed by atoms with Gasteiger partial charge in [0.1, 0.15) is 0 Å². The van der Waals surface area contributed by atoms with Gasteiger partial charge in [-0.15, -0.1) is 5.10 Å². The first-order valence-electron chi connectivity index (χ1n) is 4.93. The number of rotatable bonds is 2. The van der Waals surface area contributed by atoms with Gasteiger partial charge in [-0.05, 0) is 19.4 Å². The fraction of sp³-hybridized carbons (Fsp3) is 0.778.